The van der Waals surface area contributed by atoms with E-state index in [1.807, 2.05) is 43.3 Å². The third kappa shape index (κ3) is 5.49. The van der Waals surface area contributed by atoms with Crippen molar-refractivity contribution in [1.82, 2.24) is 14.5 Å². The molecule has 0 bridgehead atoms. The van der Waals surface area contributed by atoms with Crippen molar-refractivity contribution in [2.45, 2.75) is 32.7 Å². The molecule has 0 spiro atoms. The highest BCUT2D eigenvalue weighted by Crippen LogP contribution is 2.43. The zero-order chi connectivity index (χ0) is 30.1. The number of fused-ring (bicyclic) bond motifs is 1. The molecule has 1 saturated heterocycles. The maximum atomic E-state index is 14.0. The molecule has 7 nitrogen and oxygen atoms in total. The number of aryl methyl sites for hydroxylation is 1. The number of rotatable bonds is 7. The Labute approximate surface area is 259 Å². The van der Waals surface area contributed by atoms with E-state index < -0.39 is 5.69 Å². The van der Waals surface area contributed by atoms with Gasteiger partial charge in [-0.25, -0.2) is 4.79 Å². The zero-order valence-corrected chi connectivity index (χ0v) is 25.9. The maximum Gasteiger partial charge on any atom is 0.354 e. The van der Waals surface area contributed by atoms with Crippen LogP contribution in [0.25, 0.3) is 27.7 Å². The van der Waals surface area contributed by atoms with Gasteiger partial charge in [0.2, 0.25) is 5.91 Å². The van der Waals surface area contributed by atoms with Gasteiger partial charge in [0.1, 0.15) is 11.6 Å². The normalized spacial score (nSPS) is 15.2. The number of para-hydroxylation sites is 1. The predicted molar refractivity (Wildman–Crippen MR) is 172 cm³/mol. The van der Waals surface area contributed by atoms with Crippen LogP contribution in [0.15, 0.2) is 66.0 Å². The van der Waals surface area contributed by atoms with Crippen LogP contribution in [0.1, 0.15) is 25.8 Å². The summed E-state index contributed by atoms with van der Waals surface area (Å²) in [6.45, 7) is 9.16. The number of aromatic nitrogens is 2. The van der Waals surface area contributed by atoms with Gasteiger partial charge >= 0.3 is 5.69 Å². The summed E-state index contributed by atoms with van der Waals surface area (Å²) in [5.41, 5.74) is 3.17. The molecular weight excluding hydrogens is 595 g/mol. The topological polar surface area (TPSA) is 67.7 Å². The van der Waals surface area contributed by atoms with Crippen LogP contribution in [0, 0.1) is 0 Å². The third-order valence-electron chi connectivity index (χ3n) is 7.63. The van der Waals surface area contributed by atoms with Gasteiger partial charge < -0.3 is 14.5 Å². The second-order valence-electron chi connectivity index (χ2n) is 10.3. The number of carbonyl (C=O) groups excluding carboxylic acids is 1. The lowest BCUT2D eigenvalue weighted by molar-refractivity contribution is -0.126. The Morgan fingerprint density at radius 2 is 1.86 bits per heavy atom. The molecule has 42 heavy (non-hydrogen) atoms. The standard InChI is InChI=1S/C32H31Cl3N4O3/c1-5-9-20-10-7-8-11-27(20)39-28-17-22(23-14-21(42-4)15-26(34)30(23)35)25(33)16-24(28)31(36-32(39)41)38-13-12-37(18-19(38)3)29(40)6-2/h6-8,10-11,14-17,19H,2,5,9,12-13,18H2,1,3-4H3/t19-/m0/s1. The Hall–Kier alpha value is -3.52. The van der Waals surface area contributed by atoms with Gasteiger partial charge in [0, 0.05) is 53.3 Å². The van der Waals surface area contributed by atoms with Gasteiger partial charge in [-0.3, -0.25) is 9.36 Å². The van der Waals surface area contributed by atoms with E-state index in [1.165, 1.54) is 6.08 Å². The fraction of sp³-hybridized carbons (Fsp3) is 0.281. The minimum absolute atomic E-state index is 0.105. The largest absolute Gasteiger partial charge is 0.497 e. The summed E-state index contributed by atoms with van der Waals surface area (Å²) in [5, 5.41) is 1.76. The maximum absolute atomic E-state index is 14.0. The van der Waals surface area contributed by atoms with Crippen LogP contribution >= 0.6 is 34.8 Å². The molecule has 1 atom stereocenters. The quantitative estimate of drug-likeness (QED) is 0.203. The van der Waals surface area contributed by atoms with Crippen LogP contribution in [0.2, 0.25) is 15.1 Å². The summed E-state index contributed by atoms with van der Waals surface area (Å²) < 4.78 is 7.09. The van der Waals surface area contributed by atoms with Crippen molar-refractivity contribution >= 4 is 57.4 Å². The Balaban J connectivity index is 1.80. The second-order valence-corrected chi connectivity index (χ2v) is 11.5. The Kier molecular flexibility index (Phi) is 8.83. The highest BCUT2D eigenvalue weighted by Gasteiger charge is 2.29. The molecule has 0 aliphatic carbocycles. The van der Waals surface area contributed by atoms with Gasteiger partial charge in [0.15, 0.2) is 0 Å². The van der Waals surface area contributed by atoms with Gasteiger partial charge in [-0.1, -0.05) is 72.9 Å². The first-order valence-electron chi connectivity index (χ1n) is 13.7. The smallest absolute Gasteiger partial charge is 0.354 e. The minimum atomic E-state index is -0.416. The SMILES string of the molecule is C=CC(=O)N1CCN(c2nc(=O)n(-c3ccccc3CCC)c3cc(-c4cc(OC)cc(Cl)c4Cl)c(Cl)cc23)[C@@H](C)C1. The molecular formula is C32H31Cl3N4O3. The Morgan fingerprint density at radius 1 is 1.10 bits per heavy atom. The lowest BCUT2D eigenvalue weighted by Gasteiger charge is -2.40. The molecule has 1 amide bonds. The number of methoxy groups -OCH3 is 1. The molecule has 0 N–H and O–H groups in total. The average Bonchev–Trinajstić information content (AvgIpc) is 2.98. The zero-order valence-electron chi connectivity index (χ0n) is 23.7. The van der Waals surface area contributed by atoms with Crippen molar-refractivity contribution in [3.05, 3.63) is 92.3 Å². The van der Waals surface area contributed by atoms with Crippen LogP contribution in [-0.2, 0) is 11.2 Å². The van der Waals surface area contributed by atoms with E-state index in [1.54, 1.807) is 28.7 Å². The van der Waals surface area contributed by atoms with E-state index in [-0.39, 0.29) is 11.9 Å². The number of amides is 1. The molecule has 1 aliphatic heterocycles. The molecule has 3 aromatic carbocycles. The highest BCUT2D eigenvalue weighted by molar-refractivity contribution is 6.44. The summed E-state index contributed by atoms with van der Waals surface area (Å²) in [6.07, 6.45) is 3.03. The number of carbonyl (C=O) groups is 1. The summed E-state index contributed by atoms with van der Waals surface area (Å²) in [5.74, 6) is 0.918. The van der Waals surface area contributed by atoms with Crippen molar-refractivity contribution in [3.8, 4) is 22.6 Å². The van der Waals surface area contributed by atoms with Gasteiger partial charge in [-0.15, -0.1) is 0 Å². The molecule has 5 rings (SSSR count). The lowest BCUT2D eigenvalue weighted by atomic mass is 10.0. The first kappa shape index (κ1) is 30.0. The fourth-order valence-corrected chi connectivity index (χ4v) is 6.26. The van der Waals surface area contributed by atoms with Crippen molar-refractivity contribution in [1.29, 1.82) is 0 Å². The van der Waals surface area contributed by atoms with E-state index in [9.17, 15) is 9.59 Å². The highest BCUT2D eigenvalue weighted by atomic mass is 35.5. The number of hydrogen-bond acceptors (Lipinski definition) is 5. The summed E-state index contributed by atoms with van der Waals surface area (Å²) in [4.78, 5) is 34.7. The predicted octanol–water partition coefficient (Wildman–Crippen LogP) is 7.20. The van der Waals surface area contributed by atoms with E-state index >= 15 is 0 Å². The van der Waals surface area contributed by atoms with Crippen LogP contribution < -0.4 is 15.3 Å². The number of benzene rings is 3. The molecule has 2 heterocycles. The minimum Gasteiger partial charge on any atom is -0.497 e. The Morgan fingerprint density at radius 3 is 2.55 bits per heavy atom. The number of piperazine rings is 1. The first-order chi connectivity index (χ1) is 20.2. The number of halogens is 3. The molecule has 1 fully saturated rings. The van der Waals surface area contributed by atoms with Crippen LogP contribution in [-0.4, -0.2) is 53.1 Å². The Bertz CT molecular complexity index is 1750. The van der Waals surface area contributed by atoms with Crippen LogP contribution in [0.5, 0.6) is 5.75 Å². The van der Waals surface area contributed by atoms with Gasteiger partial charge in [-0.05, 0) is 49.2 Å². The van der Waals surface area contributed by atoms with Crippen LogP contribution in [0.3, 0.4) is 0 Å². The molecule has 0 unspecified atom stereocenters. The number of anilines is 1. The monoisotopic (exact) mass is 624 g/mol. The van der Waals surface area contributed by atoms with Crippen LogP contribution in [0.4, 0.5) is 5.82 Å². The third-order valence-corrected chi connectivity index (χ3v) is 8.74. The second kappa shape index (κ2) is 12.4. The summed E-state index contributed by atoms with van der Waals surface area (Å²) in [6, 6.07) is 14.8. The lowest BCUT2D eigenvalue weighted by Crippen LogP contribution is -2.54. The fourth-order valence-electron chi connectivity index (χ4n) is 5.58. The van der Waals surface area contributed by atoms with E-state index in [0.717, 1.165) is 24.1 Å². The molecule has 0 radical (unpaired) electrons. The van der Waals surface area contributed by atoms with Gasteiger partial charge in [0.05, 0.1) is 28.4 Å². The van der Waals surface area contributed by atoms with Crippen molar-refractivity contribution in [2.24, 2.45) is 0 Å². The summed E-state index contributed by atoms with van der Waals surface area (Å²) >= 11 is 20.1. The summed E-state index contributed by atoms with van der Waals surface area (Å²) in [7, 11) is 1.55. The van der Waals surface area contributed by atoms with Gasteiger partial charge in [0.25, 0.3) is 0 Å². The van der Waals surface area contributed by atoms with Crippen molar-refractivity contribution in [3.63, 3.8) is 0 Å². The van der Waals surface area contributed by atoms with Crippen molar-refractivity contribution < 1.29 is 9.53 Å². The van der Waals surface area contributed by atoms with E-state index in [4.69, 9.17) is 39.5 Å². The van der Waals surface area contributed by atoms with Gasteiger partial charge in [-0.2, -0.15) is 4.98 Å². The average molecular weight is 626 g/mol. The number of hydrogen-bond donors (Lipinski definition) is 0. The molecule has 218 valence electrons. The van der Waals surface area contributed by atoms with E-state index in [0.29, 0.717) is 68.3 Å². The molecule has 4 aromatic rings. The van der Waals surface area contributed by atoms with Crippen molar-refractivity contribution in [2.75, 3.05) is 31.6 Å². The number of ether oxygens (including phenoxy) is 1. The van der Waals surface area contributed by atoms with E-state index in [2.05, 4.69) is 23.4 Å². The molecule has 0 saturated carbocycles. The molecule has 1 aromatic heterocycles. The first-order valence-corrected chi connectivity index (χ1v) is 14.9. The molecule has 1 aliphatic rings. The molecule has 10 heteroatoms. The number of nitrogens with zero attached hydrogens (tertiary/aromatic N) is 4.